The molecule has 0 saturated carbocycles. The van der Waals surface area contributed by atoms with E-state index in [-0.39, 0.29) is 18.6 Å². The molecule has 0 radical (unpaired) electrons. The van der Waals surface area contributed by atoms with E-state index in [0.29, 0.717) is 19.8 Å². The van der Waals surface area contributed by atoms with Crippen LogP contribution in [0, 0.1) is 5.92 Å². The van der Waals surface area contributed by atoms with Crippen LogP contribution in [0.1, 0.15) is 122 Å². The molecule has 38 heavy (non-hydrogen) atoms. The third-order valence-electron chi connectivity index (χ3n) is 7.76. The minimum Gasteiger partial charge on any atom is -0.756 e. The molecule has 0 spiro atoms. The van der Waals surface area contributed by atoms with Gasteiger partial charge < -0.3 is 27.9 Å². The number of nitrogens with zero attached hydrogens (tertiary/aromatic N) is 1. The van der Waals surface area contributed by atoms with Crippen molar-refractivity contribution < 1.29 is 32.5 Å². The Morgan fingerprint density at radius 3 is 1.71 bits per heavy atom. The van der Waals surface area contributed by atoms with Crippen LogP contribution in [0.4, 0.5) is 0 Å². The highest BCUT2D eigenvalue weighted by Crippen LogP contribution is 2.42. The first-order valence-corrected chi connectivity index (χ1v) is 17.3. The maximum Gasteiger partial charge on any atom is 0.268 e. The van der Waals surface area contributed by atoms with E-state index in [9.17, 15) is 9.46 Å². The quantitative estimate of drug-likeness (QED) is 0.0626. The molecule has 0 aromatic carbocycles. The average Bonchev–Trinajstić information content (AvgIpc) is 2.87. The van der Waals surface area contributed by atoms with Gasteiger partial charge >= 0.3 is 0 Å². The number of hydrogen-bond acceptors (Lipinski definition) is 6. The monoisotopic (exact) mass is 563 g/mol. The second-order valence-electron chi connectivity index (χ2n) is 12.1. The van der Waals surface area contributed by atoms with Crippen molar-refractivity contribution in [3.63, 3.8) is 0 Å². The molecule has 1 aliphatic rings. The van der Waals surface area contributed by atoms with Crippen LogP contribution < -0.4 is 4.89 Å². The Hall–Kier alpha value is -0.0100. The number of phosphoric ester groups is 1. The molecule has 0 N–H and O–H groups in total. The summed E-state index contributed by atoms with van der Waals surface area (Å²) in [5.41, 5.74) is 0. The fraction of sp³-hybridized carbons (Fsp3) is 1.00. The van der Waals surface area contributed by atoms with Crippen molar-refractivity contribution in [3.05, 3.63) is 0 Å². The number of phosphoric acid groups is 1. The Morgan fingerprint density at radius 2 is 1.24 bits per heavy atom. The summed E-state index contributed by atoms with van der Waals surface area (Å²) in [6, 6.07) is 0. The van der Waals surface area contributed by atoms with Gasteiger partial charge in [0.1, 0.15) is 0 Å². The van der Waals surface area contributed by atoms with Crippen LogP contribution in [-0.4, -0.2) is 71.3 Å². The average molecular weight is 564 g/mol. The fourth-order valence-electron chi connectivity index (χ4n) is 5.14. The summed E-state index contributed by atoms with van der Waals surface area (Å²) in [5.74, 6) is -0.131. The van der Waals surface area contributed by atoms with Gasteiger partial charge in [-0.3, -0.25) is 4.57 Å². The van der Waals surface area contributed by atoms with Gasteiger partial charge in [0.25, 0.3) is 7.82 Å². The second kappa shape index (κ2) is 22.7. The van der Waals surface area contributed by atoms with E-state index in [0.717, 1.165) is 36.8 Å². The first-order valence-electron chi connectivity index (χ1n) is 15.8. The first-order chi connectivity index (χ1) is 18.3. The van der Waals surface area contributed by atoms with E-state index in [2.05, 4.69) is 21.0 Å². The highest BCUT2D eigenvalue weighted by Gasteiger charge is 2.29. The largest absolute Gasteiger partial charge is 0.756 e. The molecule has 1 saturated heterocycles. The lowest BCUT2D eigenvalue weighted by Gasteiger charge is -2.38. The van der Waals surface area contributed by atoms with Crippen molar-refractivity contribution in [1.82, 2.24) is 0 Å². The topological polar surface area (TPSA) is 77.1 Å². The third kappa shape index (κ3) is 20.8. The standard InChI is InChI=1S/C30H62NO6P/c1-5-6-7-8-9-10-11-12-13-14-15-16-17-18-19-20-25-35-27-29(26-34-4)28-36-38(32,33)37-30-21-23-31(2,3)24-22-30/h29-30H,5-28H2,1-4H3. The molecule has 1 fully saturated rings. The zero-order valence-corrected chi connectivity index (χ0v) is 26.4. The minimum atomic E-state index is -4.33. The van der Waals surface area contributed by atoms with Crippen LogP contribution in [0.3, 0.4) is 0 Å². The van der Waals surface area contributed by atoms with Crippen molar-refractivity contribution in [3.8, 4) is 0 Å². The van der Waals surface area contributed by atoms with Gasteiger partial charge in [-0.1, -0.05) is 103 Å². The Kier molecular flexibility index (Phi) is 21.5. The molecule has 2 unspecified atom stereocenters. The molecule has 7 nitrogen and oxygen atoms in total. The Bertz CT molecular complexity index is 581. The zero-order valence-electron chi connectivity index (χ0n) is 25.5. The summed E-state index contributed by atoms with van der Waals surface area (Å²) in [5, 5.41) is 0. The number of unbranched alkanes of at least 4 members (excludes halogenated alkanes) is 15. The van der Waals surface area contributed by atoms with Crippen molar-refractivity contribution in [1.29, 1.82) is 0 Å². The van der Waals surface area contributed by atoms with Crippen LogP contribution in [0.25, 0.3) is 0 Å². The number of ether oxygens (including phenoxy) is 2. The smallest absolute Gasteiger partial charge is 0.268 e. The van der Waals surface area contributed by atoms with E-state index >= 15 is 0 Å². The number of piperidine rings is 1. The Balaban J connectivity index is 1.96. The number of likely N-dealkylation sites (tertiary alicyclic amines) is 1. The van der Waals surface area contributed by atoms with E-state index in [1.807, 2.05) is 0 Å². The number of hydrogen-bond donors (Lipinski definition) is 0. The molecule has 1 aliphatic heterocycles. The molecule has 2 atom stereocenters. The summed E-state index contributed by atoms with van der Waals surface area (Å²) in [6.45, 7) is 5.65. The van der Waals surface area contributed by atoms with Crippen LogP contribution in [0.2, 0.25) is 0 Å². The van der Waals surface area contributed by atoms with Crippen LogP contribution in [-0.2, 0) is 23.1 Å². The van der Waals surface area contributed by atoms with Crippen molar-refractivity contribution in [2.24, 2.45) is 5.92 Å². The molecular weight excluding hydrogens is 501 g/mol. The van der Waals surface area contributed by atoms with Crippen molar-refractivity contribution in [2.45, 2.75) is 129 Å². The number of methoxy groups -OCH3 is 1. The lowest BCUT2D eigenvalue weighted by Crippen LogP contribution is -2.48. The van der Waals surface area contributed by atoms with Gasteiger partial charge in [0, 0.05) is 32.5 Å². The molecular formula is C30H62NO6P. The Labute approximate surface area is 235 Å². The maximum atomic E-state index is 12.3. The predicted octanol–water partition coefficient (Wildman–Crippen LogP) is 7.27. The van der Waals surface area contributed by atoms with Gasteiger partial charge in [-0.25, -0.2) is 0 Å². The molecule has 1 heterocycles. The molecule has 0 bridgehead atoms. The van der Waals surface area contributed by atoms with Gasteiger partial charge in [-0.2, -0.15) is 0 Å². The highest BCUT2D eigenvalue weighted by atomic mass is 31.2. The molecule has 8 heteroatoms. The lowest BCUT2D eigenvalue weighted by molar-refractivity contribution is -0.896. The summed E-state index contributed by atoms with van der Waals surface area (Å²) >= 11 is 0. The first kappa shape index (κ1) is 36.0. The number of quaternary nitrogens is 1. The SMILES string of the molecule is CCCCCCCCCCCCCCCCCCOCC(COC)COP(=O)([O-])OC1CC[N+](C)(C)CC1. The fourth-order valence-corrected chi connectivity index (χ4v) is 6.17. The number of rotatable bonds is 26. The van der Waals surface area contributed by atoms with E-state index in [4.69, 9.17) is 18.5 Å². The summed E-state index contributed by atoms with van der Waals surface area (Å²) in [4.78, 5) is 12.3. The van der Waals surface area contributed by atoms with E-state index < -0.39 is 7.82 Å². The van der Waals surface area contributed by atoms with Gasteiger partial charge in [0.15, 0.2) is 0 Å². The van der Waals surface area contributed by atoms with Crippen LogP contribution in [0.15, 0.2) is 0 Å². The Morgan fingerprint density at radius 1 is 0.763 bits per heavy atom. The second-order valence-corrected chi connectivity index (χ2v) is 13.5. The van der Waals surface area contributed by atoms with Gasteiger partial charge in [0.2, 0.25) is 0 Å². The highest BCUT2D eigenvalue weighted by molar-refractivity contribution is 7.45. The maximum absolute atomic E-state index is 12.3. The molecule has 228 valence electrons. The van der Waals surface area contributed by atoms with Crippen molar-refractivity contribution in [2.75, 3.05) is 60.7 Å². The van der Waals surface area contributed by atoms with Gasteiger partial charge in [0.05, 0.1) is 53.1 Å². The molecule has 0 aliphatic carbocycles. The van der Waals surface area contributed by atoms with Crippen LogP contribution >= 0.6 is 7.82 Å². The summed E-state index contributed by atoms with van der Waals surface area (Å²) < 4.78 is 34.8. The summed E-state index contributed by atoms with van der Waals surface area (Å²) in [6.07, 6.45) is 22.8. The van der Waals surface area contributed by atoms with E-state index in [1.54, 1.807) is 7.11 Å². The third-order valence-corrected chi connectivity index (χ3v) is 8.78. The minimum absolute atomic E-state index is 0.0296. The lowest BCUT2D eigenvalue weighted by atomic mass is 10.0. The van der Waals surface area contributed by atoms with Gasteiger partial charge in [-0.15, -0.1) is 0 Å². The normalized spacial score (nSPS) is 18.4. The molecule has 0 aromatic rings. The van der Waals surface area contributed by atoms with Crippen molar-refractivity contribution >= 4 is 7.82 Å². The van der Waals surface area contributed by atoms with E-state index in [1.165, 1.54) is 96.3 Å². The zero-order chi connectivity index (χ0) is 28.0. The molecule has 0 amide bonds. The molecule has 1 rings (SSSR count). The summed E-state index contributed by atoms with van der Waals surface area (Å²) in [7, 11) is 1.59. The molecule has 0 aromatic heterocycles. The van der Waals surface area contributed by atoms with Crippen LogP contribution in [0.5, 0.6) is 0 Å². The predicted molar refractivity (Wildman–Crippen MR) is 155 cm³/mol. The van der Waals surface area contributed by atoms with Gasteiger partial charge in [-0.05, 0) is 6.42 Å².